The van der Waals surface area contributed by atoms with Crippen molar-refractivity contribution in [2.75, 3.05) is 46.1 Å². The van der Waals surface area contributed by atoms with E-state index in [1.54, 1.807) is 0 Å². The normalized spacial score (nSPS) is 17.8. The molecule has 0 saturated carbocycles. The highest BCUT2D eigenvalue weighted by Gasteiger charge is 2.14. The molecule has 2 rings (SSSR count). The van der Waals surface area contributed by atoms with E-state index >= 15 is 0 Å². The van der Waals surface area contributed by atoms with Crippen molar-refractivity contribution in [1.82, 2.24) is 10.6 Å². The van der Waals surface area contributed by atoms with Crippen molar-refractivity contribution in [3.63, 3.8) is 0 Å². The lowest BCUT2D eigenvalue weighted by molar-refractivity contribution is 0.0191. The molecule has 160 valence electrons. The van der Waals surface area contributed by atoms with Crippen molar-refractivity contribution in [2.45, 2.75) is 45.3 Å². The molecule has 0 aromatic heterocycles. The van der Waals surface area contributed by atoms with Crippen molar-refractivity contribution >= 4 is 29.9 Å². The Bertz CT molecular complexity index is 525. The van der Waals surface area contributed by atoms with E-state index in [-0.39, 0.29) is 36.2 Å². The summed E-state index contributed by atoms with van der Waals surface area (Å²) in [6, 6.07) is 10.3. The van der Waals surface area contributed by atoms with Gasteiger partial charge in [0, 0.05) is 32.8 Å². The quantitative estimate of drug-likeness (QED) is 0.197. The lowest BCUT2D eigenvalue weighted by atomic mass is 10.1. The third kappa shape index (κ3) is 10.6. The van der Waals surface area contributed by atoms with Gasteiger partial charge in [-0.05, 0) is 38.7 Å². The maximum absolute atomic E-state index is 5.89. The maximum atomic E-state index is 5.89. The fourth-order valence-corrected chi connectivity index (χ4v) is 2.91. The van der Waals surface area contributed by atoms with Gasteiger partial charge in [-0.25, -0.2) is 0 Å². The van der Waals surface area contributed by atoms with E-state index in [1.165, 1.54) is 5.56 Å². The molecule has 2 N–H and O–H groups in total. The molecule has 1 heterocycles. The number of nitrogens with one attached hydrogen (secondary N) is 2. The molecule has 0 spiro atoms. The minimum Gasteiger partial charge on any atom is -0.377 e. The Morgan fingerprint density at radius 3 is 2.79 bits per heavy atom. The first-order valence-electron chi connectivity index (χ1n) is 10.2. The summed E-state index contributed by atoms with van der Waals surface area (Å²) in [6.45, 7) is 9.36. The molecule has 1 aliphatic rings. The molecule has 2 atom stereocenters. The Morgan fingerprint density at radius 1 is 1.25 bits per heavy atom. The van der Waals surface area contributed by atoms with Crippen LogP contribution < -0.4 is 10.6 Å². The highest BCUT2D eigenvalue weighted by atomic mass is 127. The summed E-state index contributed by atoms with van der Waals surface area (Å²) in [5.74, 6) is 0.828. The van der Waals surface area contributed by atoms with Crippen LogP contribution in [-0.2, 0) is 14.2 Å². The van der Waals surface area contributed by atoms with E-state index in [0.717, 1.165) is 51.5 Å². The Balaban J connectivity index is 0.00000392. The van der Waals surface area contributed by atoms with Crippen LogP contribution in [0.5, 0.6) is 0 Å². The lowest BCUT2D eigenvalue weighted by Gasteiger charge is -2.14. The molecule has 0 bridgehead atoms. The van der Waals surface area contributed by atoms with E-state index in [4.69, 9.17) is 14.2 Å². The summed E-state index contributed by atoms with van der Waals surface area (Å²) in [5, 5.41) is 6.56. The van der Waals surface area contributed by atoms with Crippen molar-refractivity contribution in [3.8, 4) is 0 Å². The smallest absolute Gasteiger partial charge is 0.191 e. The van der Waals surface area contributed by atoms with Crippen LogP contribution in [0.25, 0.3) is 0 Å². The molecule has 28 heavy (non-hydrogen) atoms. The van der Waals surface area contributed by atoms with Gasteiger partial charge in [0.25, 0.3) is 0 Å². The number of halogens is 1. The Morgan fingerprint density at radius 2 is 2.07 bits per heavy atom. The van der Waals surface area contributed by atoms with Crippen LogP contribution in [0, 0.1) is 0 Å². The summed E-state index contributed by atoms with van der Waals surface area (Å²) in [7, 11) is 0. The standard InChI is InChI=1S/C21H35N3O3.HI/c1-3-22-21(24-13-16-25-17-20-11-7-14-27-20)23-12-8-15-26-18(2)19-9-5-4-6-10-19;/h4-6,9-10,18,20H,3,7-8,11-17H2,1-2H3,(H2,22,23,24);1H. The maximum Gasteiger partial charge on any atom is 0.191 e. The summed E-state index contributed by atoms with van der Waals surface area (Å²) in [4.78, 5) is 4.59. The average Bonchev–Trinajstić information content (AvgIpc) is 3.21. The number of aliphatic imine (C=N–C) groups is 1. The molecule has 1 aromatic rings. The van der Waals surface area contributed by atoms with Gasteiger partial charge in [-0.15, -0.1) is 24.0 Å². The van der Waals surface area contributed by atoms with Crippen molar-refractivity contribution in [1.29, 1.82) is 0 Å². The number of guanidine groups is 1. The monoisotopic (exact) mass is 505 g/mol. The predicted octanol–water partition coefficient (Wildman–Crippen LogP) is 3.52. The fourth-order valence-electron chi connectivity index (χ4n) is 2.91. The molecule has 2 unspecified atom stereocenters. The van der Waals surface area contributed by atoms with Crippen LogP contribution in [0.2, 0.25) is 0 Å². The molecule has 1 aliphatic heterocycles. The van der Waals surface area contributed by atoms with E-state index in [2.05, 4.69) is 41.6 Å². The third-order valence-corrected chi connectivity index (χ3v) is 4.42. The van der Waals surface area contributed by atoms with E-state index in [0.29, 0.717) is 19.8 Å². The zero-order chi connectivity index (χ0) is 19.2. The predicted molar refractivity (Wildman–Crippen MR) is 125 cm³/mol. The van der Waals surface area contributed by atoms with Crippen LogP contribution in [0.1, 0.15) is 44.8 Å². The molecule has 0 aliphatic carbocycles. The van der Waals surface area contributed by atoms with Gasteiger partial charge in [0.15, 0.2) is 5.96 Å². The van der Waals surface area contributed by atoms with Gasteiger partial charge in [-0.2, -0.15) is 0 Å². The van der Waals surface area contributed by atoms with Gasteiger partial charge in [-0.3, -0.25) is 4.99 Å². The van der Waals surface area contributed by atoms with Gasteiger partial charge < -0.3 is 24.8 Å². The van der Waals surface area contributed by atoms with Gasteiger partial charge in [0.05, 0.1) is 25.4 Å². The first-order chi connectivity index (χ1) is 13.3. The van der Waals surface area contributed by atoms with E-state index in [1.807, 2.05) is 18.2 Å². The molecule has 0 radical (unpaired) electrons. The summed E-state index contributed by atoms with van der Waals surface area (Å²) in [5.41, 5.74) is 1.21. The minimum absolute atomic E-state index is 0. The van der Waals surface area contributed by atoms with Crippen molar-refractivity contribution < 1.29 is 14.2 Å². The second-order valence-electron chi connectivity index (χ2n) is 6.67. The summed E-state index contributed by atoms with van der Waals surface area (Å²) < 4.78 is 17.1. The summed E-state index contributed by atoms with van der Waals surface area (Å²) in [6.07, 6.45) is 3.55. The van der Waals surface area contributed by atoms with Crippen LogP contribution in [0.3, 0.4) is 0 Å². The summed E-state index contributed by atoms with van der Waals surface area (Å²) >= 11 is 0. The molecule has 1 fully saturated rings. The van der Waals surface area contributed by atoms with Gasteiger partial charge >= 0.3 is 0 Å². The van der Waals surface area contributed by atoms with Crippen LogP contribution in [0.4, 0.5) is 0 Å². The molecular formula is C21H36IN3O3. The Hall–Kier alpha value is -0.900. The molecule has 7 heteroatoms. The topological polar surface area (TPSA) is 64.1 Å². The number of benzene rings is 1. The number of rotatable bonds is 12. The first-order valence-corrected chi connectivity index (χ1v) is 10.2. The average molecular weight is 505 g/mol. The molecular weight excluding hydrogens is 469 g/mol. The van der Waals surface area contributed by atoms with E-state index < -0.39 is 0 Å². The van der Waals surface area contributed by atoms with Gasteiger partial charge in [0.2, 0.25) is 0 Å². The van der Waals surface area contributed by atoms with Crippen LogP contribution in [0.15, 0.2) is 35.3 Å². The van der Waals surface area contributed by atoms with Crippen molar-refractivity contribution in [3.05, 3.63) is 35.9 Å². The molecule has 1 aromatic carbocycles. The number of hydrogen-bond donors (Lipinski definition) is 2. The fraction of sp³-hybridized carbons (Fsp3) is 0.667. The van der Waals surface area contributed by atoms with Crippen LogP contribution >= 0.6 is 24.0 Å². The zero-order valence-electron chi connectivity index (χ0n) is 17.2. The largest absolute Gasteiger partial charge is 0.377 e. The van der Waals surface area contributed by atoms with Crippen molar-refractivity contribution in [2.24, 2.45) is 4.99 Å². The highest BCUT2D eigenvalue weighted by Crippen LogP contribution is 2.15. The first kappa shape index (κ1) is 25.1. The number of nitrogens with zero attached hydrogens (tertiary/aromatic N) is 1. The lowest BCUT2D eigenvalue weighted by Crippen LogP contribution is -2.39. The van der Waals surface area contributed by atoms with E-state index in [9.17, 15) is 0 Å². The number of ether oxygens (including phenoxy) is 3. The highest BCUT2D eigenvalue weighted by molar-refractivity contribution is 14.0. The third-order valence-electron chi connectivity index (χ3n) is 4.42. The minimum atomic E-state index is 0. The zero-order valence-corrected chi connectivity index (χ0v) is 19.5. The molecule has 0 amide bonds. The molecule has 6 nitrogen and oxygen atoms in total. The molecule has 1 saturated heterocycles. The Labute approximate surface area is 186 Å². The second-order valence-corrected chi connectivity index (χ2v) is 6.67. The van der Waals surface area contributed by atoms with Gasteiger partial charge in [-0.1, -0.05) is 30.3 Å². The Kier molecular flexibility index (Phi) is 14.3. The van der Waals surface area contributed by atoms with Crippen LogP contribution in [-0.4, -0.2) is 58.1 Å². The van der Waals surface area contributed by atoms with Gasteiger partial charge in [0.1, 0.15) is 0 Å². The SMILES string of the molecule is CCNC(=NCCCOC(C)c1ccccc1)NCCOCC1CCCO1.I. The second kappa shape index (κ2) is 16.0. The number of hydrogen-bond acceptors (Lipinski definition) is 4.